The number of rotatable bonds is 13. The summed E-state index contributed by atoms with van der Waals surface area (Å²) in [4.78, 5) is 17.3. The second-order valence-corrected chi connectivity index (χ2v) is 12.3. The van der Waals surface area contributed by atoms with Gasteiger partial charge in [-0.2, -0.15) is 18.3 Å². The highest BCUT2D eigenvalue weighted by Crippen LogP contribution is 2.47. The van der Waals surface area contributed by atoms with Gasteiger partial charge in [0.15, 0.2) is 5.69 Å². The summed E-state index contributed by atoms with van der Waals surface area (Å²) in [7, 11) is -3.42. The molecule has 0 radical (unpaired) electrons. The highest BCUT2D eigenvalue weighted by atomic mass is 35.5. The summed E-state index contributed by atoms with van der Waals surface area (Å²) in [5.41, 5.74) is -0.779. The summed E-state index contributed by atoms with van der Waals surface area (Å²) in [5, 5.41) is 20.7. The van der Waals surface area contributed by atoms with Crippen LogP contribution in [0, 0.1) is 6.92 Å². The normalized spacial score (nSPS) is 16.5. The topological polar surface area (TPSA) is 138 Å². The van der Waals surface area contributed by atoms with Crippen LogP contribution in [0.4, 0.5) is 19.0 Å². The Morgan fingerprint density at radius 1 is 1.28 bits per heavy atom. The second kappa shape index (κ2) is 11.6. The van der Waals surface area contributed by atoms with Crippen LogP contribution < -0.4 is 15.4 Å². The Hall–Kier alpha value is -2.42. The van der Waals surface area contributed by atoms with E-state index in [1.165, 1.54) is 10.9 Å². The van der Waals surface area contributed by atoms with Gasteiger partial charge in [0.25, 0.3) is 5.91 Å². The Labute approximate surface area is 230 Å². The summed E-state index contributed by atoms with van der Waals surface area (Å²) in [5.74, 6) is -0.304. The molecule has 1 unspecified atom stereocenters. The molecule has 1 aliphatic carbocycles. The van der Waals surface area contributed by atoms with Crippen LogP contribution in [0.15, 0.2) is 12.3 Å². The van der Waals surface area contributed by atoms with Gasteiger partial charge < -0.3 is 15.7 Å². The molecule has 0 bridgehead atoms. The van der Waals surface area contributed by atoms with Crippen LogP contribution in [-0.2, 0) is 16.6 Å². The molecule has 10 nitrogen and oxygen atoms in total. The van der Waals surface area contributed by atoms with Gasteiger partial charge in [-0.05, 0) is 51.2 Å². The van der Waals surface area contributed by atoms with Crippen molar-refractivity contribution in [1.82, 2.24) is 24.8 Å². The van der Waals surface area contributed by atoms with E-state index < -0.39 is 39.7 Å². The minimum Gasteiger partial charge on any atom is -0.388 e. The van der Waals surface area contributed by atoms with Gasteiger partial charge in [-0.25, -0.2) is 18.1 Å². The Morgan fingerprint density at radius 2 is 1.95 bits per heavy atom. The van der Waals surface area contributed by atoms with Gasteiger partial charge >= 0.3 is 6.18 Å². The van der Waals surface area contributed by atoms with Crippen molar-refractivity contribution in [1.29, 1.82) is 0 Å². The minimum atomic E-state index is -4.28. The molecule has 1 saturated carbocycles. The number of hydrogen-bond donors (Lipinski definition) is 4. The van der Waals surface area contributed by atoms with Crippen molar-refractivity contribution in [3.63, 3.8) is 0 Å². The Bertz CT molecular complexity index is 1310. The number of halogens is 4. The first-order valence-electron chi connectivity index (χ1n) is 12.5. The number of anilines is 1. The van der Waals surface area contributed by atoms with Gasteiger partial charge in [-0.3, -0.25) is 9.48 Å². The molecule has 2 heterocycles. The molecule has 1 aliphatic rings. The first-order chi connectivity index (χ1) is 18.0. The second-order valence-electron chi connectivity index (χ2n) is 10.1. The zero-order valence-electron chi connectivity index (χ0n) is 22.2. The van der Waals surface area contributed by atoms with Crippen LogP contribution in [0.25, 0.3) is 11.3 Å². The molecular formula is C24H34ClF3N6O4S. The quantitative estimate of drug-likeness (QED) is 0.278. The van der Waals surface area contributed by atoms with Crippen molar-refractivity contribution in [3.8, 4) is 11.3 Å². The number of carbonyl (C=O) groups excluding carboxylic acids is 1. The number of alkyl halides is 3. The molecular weight excluding hydrogens is 561 g/mol. The molecule has 1 fully saturated rings. The highest BCUT2D eigenvalue weighted by molar-refractivity contribution is 7.88. The van der Waals surface area contributed by atoms with Gasteiger partial charge in [-0.1, -0.05) is 18.5 Å². The fourth-order valence-electron chi connectivity index (χ4n) is 4.28. The molecule has 15 heteroatoms. The molecule has 4 N–H and O–H groups in total. The van der Waals surface area contributed by atoms with Crippen LogP contribution in [-0.4, -0.2) is 70.9 Å². The van der Waals surface area contributed by atoms with E-state index in [-0.39, 0.29) is 36.6 Å². The lowest BCUT2D eigenvalue weighted by Crippen LogP contribution is -2.44. The minimum absolute atomic E-state index is 0.00284. The van der Waals surface area contributed by atoms with E-state index in [2.05, 4.69) is 25.4 Å². The van der Waals surface area contributed by atoms with Crippen molar-refractivity contribution < 1.29 is 31.5 Å². The number of nitrogens with one attached hydrogen (secondary N) is 3. The molecule has 0 spiro atoms. The van der Waals surface area contributed by atoms with Crippen molar-refractivity contribution in [2.45, 2.75) is 76.7 Å². The number of sulfonamides is 1. The maximum absolute atomic E-state index is 13.0. The molecule has 2 aromatic rings. The van der Waals surface area contributed by atoms with Gasteiger partial charge in [0.05, 0.1) is 29.0 Å². The molecule has 1 amide bonds. The van der Waals surface area contributed by atoms with E-state index in [0.717, 1.165) is 6.26 Å². The number of hydrogen-bond acceptors (Lipinski definition) is 7. The van der Waals surface area contributed by atoms with Crippen LogP contribution >= 0.6 is 11.6 Å². The fraction of sp³-hybridized carbons (Fsp3) is 0.625. The first-order valence-corrected chi connectivity index (χ1v) is 14.8. The molecule has 0 aromatic carbocycles. The lowest BCUT2D eigenvalue weighted by Gasteiger charge is -2.27. The Balaban J connectivity index is 1.77. The van der Waals surface area contributed by atoms with Crippen molar-refractivity contribution >= 4 is 33.3 Å². The standard InChI is InChI=1S/C24H34ClF3N6O4S/c1-5-23(36,9-10-31-39(4,37)38)14-30-21(35)19-18(25)20(34(6-2)33-19)16-12-29-17(11-15(16)3)32-22(7-8-22)13-24(26,27)28/h11-12,31,36H,5-10,13-14H2,1-4H3,(H,29,32)(H,30,35). The van der Waals surface area contributed by atoms with Gasteiger partial charge in [-0.15, -0.1) is 0 Å². The molecule has 3 rings (SSSR count). The molecule has 0 aliphatic heterocycles. The average Bonchev–Trinajstić information content (AvgIpc) is 3.47. The SMILES string of the molecule is CCn1nc(C(=O)NCC(O)(CC)CCNS(C)(=O)=O)c(Cl)c1-c1cnc(NC2(CC(F)(F)F)CC2)cc1C. The van der Waals surface area contributed by atoms with E-state index in [9.17, 15) is 31.5 Å². The lowest BCUT2D eigenvalue weighted by molar-refractivity contribution is -0.138. The summed E-state index contributed by atoms with van der Waals surface area (Å²) in [6.45, 7) is 5.51. The van der Waals surface area contributed by atoms with Crippen LogP contribution in [0.2, 0.25) is 5.02 Å². The summed E-state index contributed by atoms with van der Waals surface area (Å²) >= 11 is 6.60. The van der Waals surface area contributed by atoms with Crippen LogP contribution in [0.5, 0.6) is 0 Å². The Kier molecular flexibility index (Phi) is 9.25. The maximum Gasteiger partial charge on any atom is 0.391 e. The number of nitrogens with zero attached hydrogens (tertiary/aromatic N) is 3. The van der Waals surface area contributed by atoms with Crippen LogP contribution in [0.3, 0.4) is 0 Å². The van der Waals surface area contributed by atoms with Crippen molar-refractivity contribution in [2.24, 2.45) is 0 Å². The number of aliphatic hydroxyl groups is 1. The van der Waals surface area contributed by atoms with E-state index in [4.69, 9.17) is 11.6 Å². The summed E-state index contributed by atoms with van der Waals surface area (Å²) in [6, 6.07) is 1.64. The third-order valence-corrected chi connectivity index (χ3v) is 7.84. The van der Waals surface area contributed by atoms with E-state index >= 15 is 0 Å². The van der Waals surface area contributed by atoms with Crippen molar-refractivity contribution in [3.05, 3.63) is 28.5 Å². The zero-order valence-corrected chi connectivity index (χ0v) is 23.8. The number of aryl methyl sites for hydroxylation is 2. The van der Waals surface area contributed by atoms with Crippen molar-refractivity contribution in [2.75, 3.05) is 24.7 Å². The van der Waals surface area contributed by atoms with E-state index in [0.29, 0.717) is 42.0 Å². The van der Waals surface area contributed by atoms with Gasteiger partial charge in [0.1, 0.15) is 5.82 Å². The third-order valence-electron chi connectivity index (χ3n) is 6.75. The predicted octanol–water partition coefficient (Wildman–Crippen LogP) is 3.63. The highest BCUT2D eigenvalue weighted by Gasteiger charge is 2.51. The summed E-state index contributed by atoms with van der Waals surface area (Å²) in [6.07, 6.45) is -1.56. The Morgan fingerprint density at radius 3 is 2.46 bits per heavy atom. The molecule has 1 atom stereocenters. The zero-order chi connectivity index (χ0) is 29.2. The fourth-order valence-corrected chi connectivity index (χ4v) is 5.08. The molecule has 39 heavy (non-hydrogen) atoms. The maximum atomic E-state index is 13.0. The van der Waals surface area contributed by atoms with Gasteiger partial charge in [0, 0.05) is 36.9 Å². The monoisotopic (exact) mass is 594 g/mol. The molecule has 2 aromatic heterocycles. The summed E-state index contributed by atoms with van der Waals surface area (Å²) < 4.78 is 65.2. The first kappa shape index (κ1) is 31.1. The lowest BCUT2D eigenvalue weighted by atomic mass is 9.96. The molecule has 218 valence electrons. The smallest absolute Gasteiger partial charge is 0.388 e. The van der Waals surface area contributed by atoms with Gasteiger partial charge in [0.2, 0.25) is 10.0 Å². The number of aromatic nitrogens is 3. The van der Waals surface area contributed by atoms with E-state index in [1.54, 1.807) is 19.9 Å². The number of carbonyl (C=O) groups is 1. The predicted molar refractivity (Wildman–Crippen MR) is 142 cm³/mol. The number of pyridine rings is 1. The third kappa shape index (κ3) is 8.29. The number of amides is 1. The average molecular weight is 595 g/mol. The largest absolute Gasteiger partial charge is 0.391 e. The van der Waals surface area contributed by atoms with Crippen LogP contribution in [0.1, 0.15) is 62.0 Å². The van der Waals surface area contributed by atoms with E-state index in [1.807, 2.05) is 6.92 Å². The molecule has 0 saturated heterocycles.